The van der Waals surface area contributed by atoms with Gasteiger partial charge in [-0.05, 0) is 24.7 Å². The van der Waals surface area contributed by atoms with Crippen molar-refractivity contribution in [3.8, 4) is 0 Å². The van der Waals surface area contributed by atoms with Gasteiger partial charge in [0.2, 0.25) is 5.91 Å². The van der Waals surface area contributed by atoms with Crippen LogP contribution in [-0.4, -0.2) is 23.5 Å². The molecule has 1 saturated carbocycles. The molecule has 1 fully saturated rings. The zero-order valence-electron chi connectivity index (χ0n) is 8.45. The maximum Gasteiger partial charge on any atom is 0.312 e. The van der Waals surface area contributed by atoms with E-state index in [1.807, 2.05) is 0 Å². The van der Waals surface area contributed by atoms with Crippen LogP contribution in [0.2, 0.25) is 0 Å². The van der Waals surface area contributed by atoms with Gasteiger partial charge in [0, 0.05) is 6.54 Å². The molecule has 0 aromatic heterocycles. The van der Waals surface area contributed by atoms with E-state index < -0.39 is 12.4 Å². The number of hydrogen-bond donors (Lipinski definition) is 2. The lowest BCUT2D eigenvalue weighted by Crippen LogP contribution is -2.29. The number of hydrogen-bond acceptors (Lipinski definition) is 2. The maximum atomic E-state index is 11.0. The number of carboxylic acids is 1. The van der Waals surface area contributed by atoms with Crippen molar-refractivity contribution in [2.75, 3.05) is 6.54 Å². The van der Waals surface area contributed by atoms with Crippen molar-refractivity contribution in [2.24, 2.45) is 11.8 Å². The monoisotopic (exact) mass is 199 g/mol. The van der Waals surface area contributed by atoms with Gasteiger partial charge in [-0.3, -0.25) is 9.59 Å². The third-order valence-electron chi connectivity index (χ3n) is 2.70. The molecule has 4 nitrogen and oxygen atoms in total. The predicted molar refractivity (Wildman–Crippen MR) is 51.8 cm³/mol. The first-order chi connectivity index (χ1) is 6.58. The summed E-state index contributed by atoms with van der Waals surface area (Å²) in [6.07, 6.45) is 3.10. The molecule has 2 atom stereocenters. The molecule has 1 amide bonds. The standard InChI is InChI=1S/C10H17NO3/c1-7-2-3-8(4-7)6-11-9(12)5-10(13)14/h7-8H,2-6H2,1H3,(H,11,12)(H,13,14). The van der Waals surface area contributed by atoms with Crippen LogP contribution >= 0.6 is 0 Å². The summed E-state index contributed by atoms with van der Waals surface area (Å²) >= 11 is 0. The van der Waals surface area contributed by atoms with Crippen molar-refractivity contribution < 1.29 is 14.7 Å². The molecule has 2 unspecified atom stereocenters. The molecule has 2 N–H and O–H groups in total. The van der Waals surface area contributed by atoms with Crippen molar-refractivity contribution >= 4 is 11.9 Å². The minimum atomic E-state index is -1.07. The highest BCUT2D eigenvalue weighted by atomic mass is 16.4. The molecule has 0 aromatic carbocycles. The second kappa shape index (κ2) is 4.98. The summed E-state index contributed by atoms with van der Waals surface area (Å²) in [5.41, 5.74) is 0. The lowest BCUT2D eigenvalue weighted by atomic mass is 10.1. The third-order valence-corrected chi connectivity index (χ3v) is 2.70. The van der Waals surface area contributed by atoms with E-state index in [1.165, 1.54) is 6.42 Å². The number of amides is 1. The molecule has 14 heavy (non-hydrogen) atoms. The van der Waals surface area contributed by atoms with Gasteiger partial charge < -0.3 is 10.4 Å². The van der Waals surface area contributed by atoms with Crippen LogP contribution in [0.5, 0.6) is 0 Å². The second-order valence-electron chi connectivity index (χ2n) is 4.16. The van der Waals surface area contributed by atoms with Crippen molar-refractivity contribution in [3.63, 3.8) is 0 Å². The van der Waals surface area contributed by atoms with Crippen LogP contribution in [0.1, 0.15) is 32.6 Å². The van der Waals surface area contributed by atoms with Crippen LogP contribution in [0.15, 0.2) is 0 Å². The zero-order chi connectivity index (χ0) is 10.6. The fourth-order valence-corrected chi connectivity index (χ4v) is 1.97. The smallest absolute Gasteiger partial charge is 0.312 e. The molecule has 1 aliphatic carbocycles. The van der Waals surface area contributed by atoms with Crippen molar-refractivity contribution in [2.45, 2.75) is 32.6 Å². The highest BCUT2D eigenvalue weighted by Crippen LogP contribution is 2.29. The molecular formula is C10H17NO3. The number of rotatable bonds is 4. The minimum absolute atomic E-state index is 0.378. The van der Waals surface area contributed by atoms with Gasteiger partial charge >= 0.3 is 5.97 Å². The van der Waals surface area contributed by atoms with Crippen molar-refractivity contribution in [1.29, 1.82) is 0 Å². The average Bonchev–Trinajstić information content (AvgIpc) is 2.47. The van der Waals surface area contributed by atoms with Crippen molar-refractivity contribution in [3.05, 3.63) is 0 Å². The SMILES string of the molecule is CC1CCC(CNC(=O)CC(=O)O)C1. The van der Waals surface area contributed by atoms with Gasteiger partial charge in [-0.2, -0.15) is 0 Å². The van der Waals surface area contributed by atoms with E-state index in [-0.39, 0.29) is 5.91 Å². The molecule has 4 heteroatoms. The molecule has 0 aliphatic heterocycles. The summed E-state index contributed by atoms with van der Waals surface area (Å²) in [6, 6.07) is 0. The molecule has 0 bridgehead atoms. The minimum Gasteiger partial charge on any atom is -0.481 e. The van der Waals surface area contributed by atoms with Gasteiger partial charge in [0.1, 0.15) is 6.42 Å². The molecule has 80 valence electrons. The van der Waals surface area contributed by atoms with E-state index in [2.05, 4.69) is 12.2 Å². The van der Waals surface area contributed by atoms with E-state index in [0.29, 0.717) is 12.5 Å². The Hall–Kier alpha value is -1.06. The van der Waals surface area contributed by atoms with E-state index in [0.717, 1.165) is 18.8 Å². The van der Waals surface area contributed by atoms with Gasteiger partial charge in [-0.1, -0.05) is 13.3 Å². The summed E-state index contributed by atoms with van der Waals surface area (Å²) in [5.74, 6) is -0.154. The Morgan fingerprint density at radius 1 is 1.43 bits per heavy atom. The van der Waals surface area contributed by atoms with Gasteiger partial charge in [0.05, 0.1) is 0 Å². The second-order valence-corrected chi connectivity index (χ2v) is 4.16. The summed E-state index contributed by atoms with van der Waals surface area (Å²) in [4.78, 5) is 21.2. The van der Waals surface area contributed by atoms with Crippen LogP contribution in [0.25, 0.3) is 0 Å². The fraction of sp³-hybridized carbons (Fsp3) is 0.800. The fourth-order valence-electron chi connectivity index (χ4n) is 1.97. The van der Waals surface area contributed by atoms with Gasteiger partial charge in [-0.25, -0.2) is 0 Å². The Bertz CT molecular complexity index is 227. The van der Waals surface area contributed by atoms with E-state index in [9.17, 15) is 9.59 Å². The maximum absolute atomic E-state index is 11.0. The van der Waals surface area contributed by atoms with Crippen LogP contribution in [0, 0.1) is 11.8 Å². The van der Waals surface area contributed by atoms with E-state index >= 15 is 0 Å². The first kappa shape index (κ1) is 11.0. The van der Waals surface area contributed by atoms with Crippen LogP contribution < -0.4 is 5.32 Å². The van der Waals surface area contributed by atoms with Gasteiger partial charge in [0.15, 0.2) is 0 Å². The average molecular weight is 199 g/mol. The van der Waals surface area contributed by atoms with Crippen LogP contribution in [0.4, 0.5) is 0 Å². The molecular weight excluding hydrogens is 182 g/mol. The molecule has 1 aliphatic rings. The lowest BCUT2D eigenvalue weighted by molar-refractivity contribution is -0.140. The van der Waals surface area contributed by atoms with Crippen LogP contribution in [0.3, 0.4) is 0 Å². The van der Waals surface area contributed by atoms with Gasteiger partial charge in [-0.15, -0.1) is 0 Å². The number of carbonyl (C=O) groups is 2. The highest BCUT2D eigenvalue weighted by Gasteiger charge is 2.21. The predicted octanol–water partition coefficient (Wildman–Crippen LogP) is 1.01. The Kier molecular flexibility index (Phi) is 3.92. The lowest BCUT2D eigenvalue weighted by Gasteiger charge is -2.09. The molecule has 0 saturated heterocycles. The van der Waals surface area contributed by atoms with E-state index in [1.54, 1.807) is 0 Å². The first-order valence-corrected chi connectivity index (χ1v) is 5.06. The highest BCUT2D eigenvalue weighted by molar-refractivity contribution is 5.93. The van der Waals surface area contributed by atoms with Gasteiger partial charge in [0.25, 0.3) is 0 Å². The Balaban J connectivity index is 2.14. The van der Waals surface area contributed by atoms with Crippen molar-refractivity contribution in [1.82, 2.24) is 5.32 Å². The first-order valence-electron chi connectivity index (χ1n) is 5.06. The molecule has 0 radical (unpaired) electrons. The molecule has 0 aromatic rings. The normalized spacial score (nSPS) is 26.1. The number of carbonyl (C=O) groups excluding carboxylic acids is 1. The number of aliphatic carboxylic acids is 1. The topological polar surface area (TPSA) is 66.4 Å². The van der Waals surface area contributed by atoms with E-state index in [4.69, 9.17) is 5.11 Å². The summed E-state index contributed by atoms with van der Waals surface area (Å²) in [6.45, 7) is 2.84. The third kappa shape index (κ3) is 3.77. The number of nitrogens with one attached hydrogen (secondary N) is 1. The summed E-state index contributed by atoms with van der Waals surface area (Å²) < 4.78 is 0. The number of carboxylic acid groups (broad SMARTS) is 1. The molecule has 0 heterocycles. The van der Waals surface area contributed by atoms with Crippen LogP contribution in [-0.2, 0) is 9.59 Å². The Morgan fingerprint density at radius 2 is 2.14 bits per heavy atom. The Morgan fingerprint density at radius 3 is 2.64 bits per heavy atom. The summed E-state index contributed by atoms with van der Waals surface area (Å²) in [5, 5.41) is 11.0. The summed E-state index contributed by atoms with van der Waals surface area (Å²) in [7, 11) is 0. The molecule has 1 rings (SSSR count). The largest absolute Gasteiger partial charge is 0.481 e. The quantitative estimate of drug-likeness (QED) is 0.664. The molecule has 0 spiro atoms. The Labute approximate surface area is 83.7 Å². The zero-order valence-corrected chi connectivity index (χ0v) is 8.45.